The quantitative estimate of drug-likeness (QED) is 0.287. The molecule has 0 saturated heterocycles. The molecule has 1 heterocycles. The summed E-state index contributed by atoms with van der Waals surface area (Å²) in [6, 6.07) is 0. The smallest absolute Gasteiger partial charge is 0.455 e. The van der Waals surface area contributed by atoms with Gasteiger partial charge in [0.25, 0.3) is 0 Å². The van der Waals surface area contributed by atoms with Crippen LogP contribution >= 0.6 is 11.6 Å². The summed E-state index contributed by atoms with van der Waals surface area (Å²) in [4.78, 5) is 7.19. The molecule has 1 aromatic rings. The van der Waals surface area contributed by atoms with E-state index in [0.29, 0.717) is 5.15 Å². The van der Waals surface area contributed by atoms with Crippen LogP contribution in [0.25, 0.3) is 0 Å². The first kappa shape index (κ1) is 15.7. The van der Waals surface area contributed by atoms with Crippen LogP contribution in [0.2, 0.25) is 5.15 Å². The normalized spacial score (nSPS) is 9.15. The summed E-state index contributed by atoms with van der Waals surface area (Å²) in [5.41, 5.74) is 0. The molecule has 0 aliphatic carbocycles. The molecular formula is C4H4ClN2NaO4S. The second-order valence-electron chi connectivity index (χ2n) is 1.42. The van der Waals surface area contributed by atoms with Crippen LogP contribution in [0.1, 0.15) is 0 Å². The Bertz CT molecular complexity index is 310. The molecule has 0 aromatic carbocycles. The number of hydrogen-bond acceptors (Lipinski definition) is 4. The molecule has 0 bridgehead atoms. The van der Waals surface area contributed by atoms with Crippen LogP contribution in [0.3, 0.4) is 0 Å². The van der Waals surface area contributed by atoms with Gasteiger partial charge in [-0.05, 0) is 6.20 Å². The molecule has 1 aromatic heterocycles. The Morgan fingerprint density at radius 1 is 1.46 bits per heavy atom. The van der Waals surface area contributed by atoms with E-state index in [0.717, 1.165) is 0 Å². The van der Waals surface area contributed by atoms with E-state index in [9.17, 15) is 0 Å². The topological polar surface area (TPSA) is 100 Å². The molecule has 0 fully saturated rings. The predicted octanol–water partition coefficient (Wildman–Crippen LogP) is -2.72. The summed E-state index contributed by atoms with van der Waals surface area (Å²) < 4.78 is 31.6. The average molecular weight is 235 g/mol. The summed E-state index contributed by atoms with van der Waals surface area (Å²) in [7, 11) is -4.67. The minimum atomic E-state index is -4.67. The molecule has 2 N–H and O–H groups in total. The van der Waals surface area contributed by atoms with Crippen LogP contribution in [-0.4, -0.2) is 27.5 Å². The fraction of sp³-hybridized carbons (Fsp3) is 0. The van der Waals surface area contributed by atoms with Crippen LogP contribution in [-0.2, 0) is 10.4 Å². The zero-order valence-electron chi connectivity index (χ0n) is 6.55. The third-order valence-electron chi connectivity index (χ3n) is 0.491. The first-order valence-electron chi connectivity index (χ1n) is 2.43. The first-order chi connectivity index (χ1) is 5.39. The third kappa shape index (κ3) is 18.9. The van der Waals surface area contributed by atoms with Crippen LogP contribution in [0, 0.1) is 6.20 Å². The van der Waals surface area contributed by atoms with Gasteiger partial charge >= 0.3 is 40.0 Å². The van der Waals surface area contributed by atoms with E-state index < -0.39 is 10.4 Å². The van der Waals surface area contributed by atoms with Crippen molar-refractivity contribution in [3.8, 4) is 0 Å². The van der Waals surface area contributed by atoms with Gasteiger partial charge in [0.2, 0.25) is 0 Å². The second kappa shape index (κ2) is 7.63. The van der Waals surface area contributed by atoms with E-state index in [4.69, 9.17) is 29.1 Å². The predicted molar refractivity (Wildman–Crippen MR) is 40.1 cm³/mol. The van der Waals surface area contributed by atoms with Gasteiger partial charge in [0, 0.05) is 0 Å². The van der Waals surface area contributed by atoms with Crippen molar-refractivity contribution in [3.63, 3.8) is 0 Å². The SMILES string of the molecule is Clc1cn[c-]cn1.O=S(=O)(O)O.[Na+]. The molecule has 1 rings (SSSR count). The van der Waals surface area contributed by atoms with Gasteiger partial charge in [-0.2, -0.15) is 8.42 Å². The molecule has 0 saturated carbocycles. The van der Waals surface area contributed by atoms with Gasteiger partial charge in [0.1, 0.15) is 0 Å². The number of hydrogen-bond donors (Lipinski definition) is 2. The maximum Gasteiger partial charge on any atom is 1.00 e. The van der Waals surface area contributed by atoms with Gasteiger partial charge in [-0.25, -0.2) is 0 Å². The first-order valence-corrected chi connectivity index (χ1v) is 4.20. The van der Waals surface area contributed by atoms with Crippen molar-refractivity contribution in [1.29, 1.82) is 0 Å². The number of halogens is 1. The molecule has 0 spiro atoms. The number of nitrogens with zero attached hydrogens (tertiary/aromatic N) is 2. The van der Waals surface area contributed by atoms with Crippen molar-refractivity contribution < 1.29 is 47.1 Å². The van der Waals surface area contributed by atoms with E-state index in [1.807, 2.05) is 0 Å². The third-order valence-corrected chi connectivity index (χ3v) is 0.686. The molecular weight excluding hydrogens is 231 g/mol. The Labute approximate surface area is 102 Å². The van der Waals surface area contributed by atoms with Crippen LogP contribution in [0.15, 0.2) is 12.4 Å². The minimum Gasteiger partial charge on any atom is -0.455 e. The van der Waals surface area contributed by atoms with Gasteiger partial charge in [0.15, 0.2) is 0 Å². The van der Waals surface area contributed by atoms with Gasteiger partial charge in [0.05, 0.1) is 5.15 Å². The van der Waals surface area contributed by atoms with E-state index in [1.165, 1.54) is 12.4 Å². The molecule has 0 aliphatic rings. The molecule has 0 atom stereocenters. The zero-order valence-corrected chi connectivity index (χ0v) is 10.1. The van der Waals surface area contributed by atoms with E-state index in [2.05, 4.69) is 16.2 Å². The molecule has 9 heteroatoms. The van der Waals surface area contributed by atoms with Crippen molar-refractivity contribution in [2.75, 3.05) is 0 Å². The van der Waals surface area contributed by atoms with Gasteiger partial charge in [-0.15, -0.1) is 6.20 Å². The fourth-order valence-corrected chi connectivity index (χ4v) is 0.345. The standard InChI is InChI=1S/C4H2ClN2.Na.H2O4S/c5-4-3-6-1-2-7-4;;1-5(2,3)4/h2-3H;;(H2,1,2,3,4)/q-1;+1;. The van der Waals surface area contributed by atoms with E-state index >= 15 is 0 Å². The van der Waals surface area contributed by atoms with Crippen LogP contribution < -0.4 is 29.6 Å². The molecule has 68 valence electrons. The second-order valence-corrected chi connectivity index (χ2v) is 2.70. The van der Waals surface area contributed by atoms with E-state index in [1.54, 1.807) is 0 Å². The number of aromatic nitrogens is 2. The largest absolute Gasteiger partial charge is 1.00 e. The van der Waals surface area contributed by atoms with Crippen molar-refractivity contribution in [2.24, 2.45) is 0 Å². The Hall–Kier alpha value is 0.240. The van der Waals surface area contributed by atoms with Crippen molar-refractivity contribution in [2.45, 2.75) is 0 Å². The summed E-state index contributed by atoms with van der Waals surface area (Å²) in [5, 5.41) is 0.402. The minimum absolute atomic E-state index is 0. The molecule has 0 amide bonds. The summed E-state index contributed by atoms with van der Waals surface area (Å²) >= 11 is 5.35. The Morgan fingerprint density at radius 3 is 2.08 bits per heavy atom. The van der Waals surface area contributed by atoms with Gasteiger partial charge < -0.3 is 4.98 Å². The maximum atomic E-state index is 8.74. The summed E-state index contributed by atoms with van der Waals surface area (Å²) in [6.45, 7) is 0. The molecule has 0 radical (unpaired) electrons. The Balaban J connectivity index is 0. The molecule has 6 nitrogen and oxygen atoms in total. The monoisotopic (exact) mass is 234 g/mol. The summed E-state index contributed by atoms with van der Waals surface area (Å²) in [5.74, 6) is 0. The molecule has 0 unspecified atom stereocenters. The maximum absolute atomic E-state index is 8.74. The van der Waals surface area contributed by atoms with Gasteiger partial charge in [-0.1, -0.05) is 17.8 Å². The Kier molecular flexibility index (Phi) is 9.21. The zero-order chi connectivity index (χ0) is 9.61. The Morgan fingerprint density at radius 2 is 1.92 bits per heavy atom. The molecule has 13 heavy (non-hydrogen) atoms. The molecule has 0 aliphatic heterocycles. The average Bonchev–Trinajstić information content (AvgIpc) is 1.85. The van der Waals surface area contributed by atoms with Crippen LogP contribution in [0.4, 0.5) is 0 Å². The van der Waals surface area contributed by atoms with Crippen LogP contribution in [0.5, 0.6) is 0 Å². The number of rotatable bonds is 0. The van der Waals surface area contributed by atoms with E-state index in [-0.39, 0.29) is 29.6 Å². The van der Waals surface area contributed by atoms with Crippen molar-refractivity contribution in [3.05, 3.63) is 23.7 Å². The fourth-order valence-electron chi connectivity index (χ4n) is 0.248. The van der Waals surface area contributed by atoms with Gasteiger partial charge in [-0.3, -0.25) is 14.1 Å². The summed E-state index contributed by atoms with van der Waals surface area (Å²) in [6.07, 6.45) is 5.34. The van der Waals surface area contributed by atoms with Crippen molar-refractivity contribution >= 4 is 22.0 Å². The van der Waals surface area contributed by atoms with Crippen molar-refractivity contribution in [1.82, 2.24) is 9.97 Å².